The summed E-state index contributed by atoms with van der Waals surface area (Å²) in [5, 5.41) is 3.35. The Balaban J connectivity index is 2.06. The summed E-state index contributed by atoms with van der Waals surface area (Å²) in [4.78, 5) is 14.5. The van der Waals surface area contributed by atoms with Crippen molar-refractivity contribution in [3.63, 3.8) is 0 Å². The minimum absolute atomic E-state index is 0.0618. The van der Waals surface area contributed by atoms with E-state index < -0.39 is 0 Å². The minimum Gasteiger partial charge on any atom is -0.378 e. The zero-order valence-corrected chi connectivity index (χ0v) is 12.2. The molecule has 1 heterocycles. The predicted octanol–water partition coefficient (Wildman–Crippen LogP) is 1.75. The maximum absolute atomic E-state index is 12.5. The van der Waals surface area contributed by atoms with Crippen LogP contribution in [0.3, 0.4) is 0 Å². The van der Waals surface area contributed by atoms with E-state index in [0.717, 1.165) is 19.4 Å². The van der Waals surface area contributed by atoms with E-state index in [0.29, 0.717) is 12.7 Å². The molecule has 4 nitrogen and oxygen atoms in total. The molecule has 2 fully saturated rings. The molecular formula is C14H26N2O2. The monoisotopic (exact) mass is 254 g/mol. The Bertz CT molecular complexity index is 343. The molecule has 0 aromatic rings. The first kappa shape index (κ1) is 13.8. The van der Waals surface area contributed by atoms with E-state index >= 15 is 0 Å². The van der Waals surface area contributed by atoms with Crippen molar-refractivity contribution in [2.24, 2.45) is 5.41 Å². The molecule has 1 aliphatic heterocycles. The molecule has 104 valence electrons. The van der Waals surface area contributed by atoms with Gasteiger partial charge in [0.15, 0.2) is 0 Å². The van der Waals surface area contributed by atoms with Gasteiger partial charge in [0.25, 0.3) is 0 Å². The standard InChI is InChI=1S/C14H26N2O2/c1-6-14(5)12(17)16(9-15-14)10-8-11(18-7-2)13(10,3)4/h10-11,15H,6-9H2,1-5H3. The van der Waals surface area contributed by atoms with Crippen LogP contribution < -0.4 is 5.32 Å². The van der Waals surface area contributed by atoms with Gasteiger partial charge in [0, 0.05) is 18.1 Å². The van der Waals surface area contributed by atoms with Crippen LogP contribution in [-0.4, -0.2) is 41.8 Å². The van der Waals surface area contributed by atoms with Crippen LogP contribution >= 0.6 is 0 Å². The smallest absolute Gasteiger partial charge is 0.243 e. The van der Waals surface area contributed by atoms with Crippen LogP contribution in [0.15, 0.2) is 0 Å². The van der Waals surface area contributed by atoms with E-state index in [1.54, 1.807) is 0 Å². The van der Waals surface area contributed by atoms with Crippen molar-refractivity contribution in [3.8, 4) is 0 Å². The molecule has 2 aliphatic rings. The van der Waals surface area contributed by atoms with Crippen molar-refractivity contribution < 1.29 is 9.53 Å². The highest BCUT2D eigenvalue weighted by Crippen LogP contribution is 2.47. The van der Waals surface area contributed by atoms with E-state index in [-0.39, 0.29) is 23.0 Å². The van der Waals surface area contributed by atoms with Gasteiger partial charge in [-0.2, -0.15) is 0 Å². The lowest BCUT2D eigenvalue weighted by molar-refractivity contribution is -0.164. The first-order chi connectivity index (χ1) is 8.36. The number of rotatable bonds is 4. The van der Waals surface area contributed by atoms with Gasteiger partial charge in [0.1, 0.15) is 0 Å². The first-order valence-corrected chi connectivity index (χ1v) is 7.04. The summed E-state index contributed by atoms with van der Waals surface area (Å²) in [6.07, 6.45) is 2.09. The Hall–Kier alpha value is -0.610. The summed E-state index contributed by atoms with van der Waals surface area (Å²) < 4.78 is 5.74. The third kappa shape index (κ3) is 1.86. The lowest BCUT2D eigenvalue weighted by Gasteiger charge is -2.54. The van der Waals surface area contributed by atoms with Gasteiger partial charge >= 0.3 is 0 Å². The molecule has 0 bridgehead atoms. The molecule has 3 atom stereocenters. The molecule has 1 saturated heterocycles. The summed E-state index contributed by atoms with van der Waals surface area (Å²) in [6, 6.07) is 0.308. The van der Waals surface area contributed by atoms with Crippen LogP contribution in [0.1, 0.15) is 47.5 Å². The first-order valence-electron chi connectivity index (χ1n) is 7.04. The summed E-state index contributed by atoms with van der Waals surface area (Å²) in [7, 11) is 0. The van der Waals surface area contributed by atoms with Crippen molar-refractivity contribution in [2.45, 2.75) is 65.1 Å². The molecular weight excluding hydrogens is 228 g/mol. The summed E-state index contributed by atoms with van der Waals surface area (Å²) in [5.74, 6) is 0.248. The Kier molecular flexibility index (Phi) is 3.45. The molecule has 1 saturated carbocycles. The van der Waals surface area contributed by atoms with Crippen LogP contribution in [-0.2, 0) is 9.53 Å². The van der Waals surface area contributed by atoms with E-state index in [9.17, 15) is 4.79 Å². The van der Waals surface area contributed by atoms with Crippen LogP contribution in [0.25, 0.3) is 0 Å². The summed E-state index contributed by atoms with van der Waals surface area (Å²) in [6.45, 7) is 11.9. The second-order valence-corrected chi connectivity index (χ2v) is 6.31. The van der Waals surface area contributed by atoms with E-state index in [1.165, 1.54) is 0 Å². The largest absolute Gasteiger partial charge is 0.378 e. The van der Waals surface area contributed by atoms with Crippen LogP contribution in [0, 0.1) is 5.41 Å². The number of carbonyl (C=O) groups is 1. The molecule has 1 amide bonds. The maximum atomic E-state index is 12.5. The van der Waals surface area contributed by atoms with Crippen molar-refractivity contribution >= 4 is 5.91 Å². The highest BCUT2D eigenvalue weighted by molar-refractivity contribution is 5.88. The van der Waals surface area contributed by atoms with Gasteiger partial charge < -0.3 is 9.64 Å². The molecule has 1 N–H and O–H groups in total. The molecule has 4 heteroatoms. The second kappa shape index (κ2) is 4.49. The third-order valence-corrected chi connectivity index (χ3v) is 4.95. The molecule has 0 aromatic carbocycles. The highest BCUT2D eigenvalue weighted by atomic mass is 16.5. The molecule has 3 unspecified atom stereocenters. The van der Waals surface area contributed by atoms with Crippen molar-refractivity contribution in [1.82, 2.24) is 10.2 Å². The zero-order chi connectivity index (χ0) is 13.6. The average molecular weight is 254 g/mol. The van der Waals surface area contributed by atoms with Crippen molar-refractivity contribution in [3.05, 3.63) is 0 Å². The van der Waals surface area contributed by atoms with Crippen LogP contribution in [0.2, 0.25) is 0 Å². The Labute approximate surface area is 110 Å². The second-order valence-electron chi connectivity index (χ2n) is 6.31. The molecule has 1 aliphatic carbocycles. The van der Waals surface area contributed by atoms with Gasteiger partial charge in [-0.3, -0.25) is 10.1 Å². The predicted molar refractivity (Wildman–Crippen MR) is 71.1 cm³/mol. The number of hydrogen-bond donors (Lipinski definition) is 1. The number of amides is 1. The SMILES string of the molecule is CCOC1CC(N2CNC(C)(CC)C2=O)C1(C)C. The fraction of sp³-hybridized carbons (Fsp3) is 0.929. The fourth-order valence-corrected chi connectivity index (χ4v) is 3.13. The molecule has 18 heavy (non-hydrogen) atoms. The van der Waals surface area contributed by atoms with E-state index in [1.807, 2.05) is 18.7 Å². The number of carbonyl (C=O) groups excluding carboxylic acids is 1. The van der Waals surface area contributed by atoms with Crippen LogP contribution in [0.5, 0.6) is 0 Å². The van der Waals surface area contributed by atoms with E-state index in [2.05, 4.69) is 26.1 Å². The zero-order valence-electron chi connectivity index (χ0n) is 12.2. The van der Waals surface area contributed by atoms with Gasteiger partial charge in [-0.05, 0) is 26.7 Å². The Morgan fingerprint density at radius 1 is 1.39 bits per heavy atom. The Morgan fingerprint density at radius 3 is 2.50 bits per heavy atom. The lowest BCUT2D eigenvalue weighted by atomic mass is 9.63. The molecule has 0 aromatic heterocycles. The Morgan fingerprint density at radius 2 is 2.06 bits per heavy atom. The van der Waals surface area contributed by atoms with Crippen molar-refractivity contribution in [1.29, 1.82) is 0 Å². The molecule has 0 spiro atoms. The lowest BCUT2D eigenvalue weighted by Crippen LogP contribution is -2.63. The fourth-order valence-electron chi connectivity index (χ4n) is 3.13. The van der Waals surface area contributed by atoms with Crippen LogP contribution in [0.4, 0.5) is 0 Å². The number of nitrogens with one attached hydrogen (secondary N) is 1. The third-order valence-electron chi connectivity index (χ3n) is 4.95. The number of nitrogens with zero attached hydrogens (tertiary/aromatic N) is 1. The van der Waals surface area contributed by atoms with Gasteiger partial charge in [-0.15, -0.1) is 0 Å². The highest BCUT2D eigenvalue weighted by Gasteiger charge is 2.56. The maximum Gasteiger partial charge on any atom is 0.243 e. The topological polar surface area (TPSA) is 41.6 Å². The minimum atomic E-state index is -0.368. The summed E-state index contributed by atoms with van der Waals surface area (Å²) in [5.41, 5.74) is -0.306. The van der Waals surface area contributed by atoms with Gasteiger partial charge in [0.05, 0.1) is 18.3 Å². The number of ether oxygens (including phenoxy) is 1. The van der Waals surface area contributed by atoms with Gasteiger partial charge in [0.2, 0.25) is 5.91 Å². The number of hydrogen-bond acceptors (Lipinski definition) is 3. The quantitative estimate of drug-likeness (QED) is 0.831. The van der Waals surface area contributed by atoms with E-state index in [4.69, 9.17) is 4.74 Å². The van der Waals surface area contributed by atoms with Gasteiger partial charge in [-0.25, -0.2) is 0 Å². The molecule has 2 rings (SSSR count). The normalized spacial score (nSPS) is 38.9. The average Bonchev–Trinajstić information content (AvgIpc) is 2.62. The van der Waals surface area contributed by atoms with Crippen molar-refractivity contribution in [2.75, 3.05) is 13.3 Å². The molecule has 0 radical (unpaired) electrons. The van der Waals surface area contributed by atoms with Gasteiger partial charge in [-0.1, -0.05) is 20.8 Å². The summed E-state index contributed by atoms with van der Waals surface area (Å²) >= 11 is 0.